The van der Waals surface area contributed by atoms with Crippen molar-refractivity contribution in [2.75, 3.05) is 13.6 Å². The van der Waals surface area contributed by atoms with Crippen molar-refractivity contribution in [2.45, 2.75) is 84.8 Å². The van der Waals surface area contributed by atoms with Crippen LogP contribution >= 0.6 is 0 Å². The Hall–Kier alpha value is -0.0800. The fourth-order valence-corrected chi connectivity index (χ4v) is 3.96. The zero-order chi connectivity index (χ0) is 14.9. The number of hydrogen-bond acceptors (Lipinski definition) is 2. The van der Waals surface area contributed by atoms with Gasteiger partial charge in [-0.15, -0.1) is 0 Å². The lowest BCUT2D eigenvalue weighted by Gasteiger charge is -2.47. The lowest BCUT2D eigenvalue weighted by atomic mass is 9.69. The summed E-state index contributed by atoms with van der Waals surface area (Å²) in [6.45, 7) is 13.4. The normalized spacial score (nSPS) is 32.1. The fourth-order valence-electron chi connectivity index (χ4n) is 3.96. The molecule has 0 aromatic carbocycles. The Kier molecular flexibility index (Phi) is 5.18. The molecule has 0 radical (unpaired) electrons. The van der Waals surface area contributed by atoms with Gasteiger partial charge in [0.15, 0.2) is 0 Å². The molecule has 2 fully saturated rings. The van der Waals surface area contributed by atoms with Crippen LogP contribution in [0, 0.1) is 17.3 Å². The van der Waals surface area contributed by atoms with Crippen molar-refractivity contribution in [3.63, 3.8) is 0 Å². The molecule has 2 heteroatoms. The van der Waals surface area contributed by atoms with Gasteiger partial charge in [0.2, 0.25) is 0 Å². The second-order valence-electron chi connectivity index (χ2n) is 8.57. The first kappa shape index (κ1) is 16.3. The molecule has 0 bridgehead atoms. The van der Waals surface area contributed by atoms with Gasteiger partial charge in [-0.25, -0.2) is 0 Å². The number of hydrogen-bond donors (Lipinski definition) is 1. The molecule has 0 heterocycles. The van der Waals surface area contributed by atoms with Crippen molar-refractivity contribution in [3.05, 3.63) is 0 Å². The number of nitrogens with zero attached hydrogens (tertiary/aromatic N) is 1. The first-order valence-electron chi connectivity index (χ1n) is 8.76. The molecule has 0 aromatic rings. The maximum Gasteiger partial charge on any atom is 0.0254 e. The highest BCUT2D eigenvalue weighted by Crippen LogP contribution is 2.41. The molecule has 0 aromatic heterocycles. The second kappa shape index (κ2) is 6.36. The Bertz CT molecular complexity index is 301. The molecular formula is C18H36N2. The molecule has 0 aliphatic heterocycles. The van der Waals surface area contributed by atoms with Crippen molar-refractivity contribution in [1.29, 1.82) is 0 Å². The van der Waals surface area contributed by atoms with Gasteiger partial charge in [-0.3, -0.25) is 4.90 Å². The molecule has 0 saturated heterocycles. The van der Waals surface area contributed by atoms with Crippen molar-refractivity contribution < 1.29 is 0 Å². The Morgan fingerprint density at radius 2 is 1.75 bits per heavy atom. The predicted octanol–water partition coefficient (Wildman–Crippen LogP) is 3.91. The van der Waals surface area contributed by atoms with Gasteiger partial charge in [0, 0.05) is 24.7 Å². The minimum Gasteiger partial charge on any atom is -0.315 e. The van der Waals surface area contributed by atoms with E-state index in [0.717, 1.165) is 17.9 Å². The molecule has 3 atom stereocenters. The Morgan fingerprint density at radius 1 is 1.10 bits per heavy atom. The quantitative estimate of drug-likeness (QED) is 0.821. The average Bonchev–Trinajstić information content (AvgIpc) is 3.17. The second-order valence-corrected chi connectivity index (χ2v) is 8.57. The topological polar surface area (TPSA) is 15.3 Å². The number of rotatable bonds is 5. The molecule has 2 aliphatic rings. The van der Waals surface area contributed by atoms with Crippen LogP contribution in [0.5, 0.6) is 0 Å². The van der Waals surface area contributed by atoms with E-state index in [1.165, 1.54) is 38.6 Å². The molecule has 2 aliphatic carbocycles. The van der Waals surface area contributed by atoms with E-state index in [2.05, 4.69) is 51.9 Å². The van der Waals surface area contributed by atoms with Crippen LogP contribution in [0.25, 0.3) is 0 Å². The zero-order valence-electron chi connectivity index (χ0n) is 14.6. The largest absolute Gasteiger partial charge is 0.315 e. The zero-order valence-corrected chi connectivity index (χ0v) is 14.6. The summed E-state index contributed by atoms with van der Waals surface area (Å²) in [5, 5.41) is 3.61. The summed E-state index contributed by atoms with van der Waals surface area (Å²) < 4.78 is 0. The highest BCUT2D eigenvalue weighted by atomic mass is 15.2. The third-order valence-electron chi connectivity index (χ3n) is 5.67. The van der Waals surface area contributed by atoms with E-state index in [4.69, 9.17) is 0 Å². The molecule has 0 amide bonds. The lowest BCUT2D eigenvalue weighted by molar-refractivity contribution is 0.0397. The van der Waals surface area contributed by atoms with Gasteiger partial charge < -0.3 is 5.32 Å². The van der Waals surface area contributed by atoms with Crippen molar-refractivity contribution in [2.24, 2.45) is 17.3 Å². The summed E-state index contributed by atoms with van der Waals surface area (Å²) in [4.78, 5) is 2.82. The van der Waals surface area contributed by atoms with E-state index >= 15 is 0 Å². The molecule has 3 unspecified atom stereocenters. The Morgan fingerprint density at radius 3 is 2.20 bits per heavy atom. The molecule has 20 heavy (non-hydrogen) atoms. The fraction of sp³-hybridized carbons (Fsp3) is 1.00. The van der Waals surface area contributed by atoms with Gasteiger partial charge in [-0.05, 0) is 70.3 Å². The van der Waals surface area contributed by atoms with E-state index in [0.29, 0.717) is 17.5 Å². The van der Waals surface area contributed by atoms with E-state index in [1.54, 1.807) is 0 Å². The molecule has 118 valence electrons. The summed E-state index contributed by atoms with van der Waals surface area (Å²) in [5.74, 6) is 1.86. The van der Waals surface area contributed by atoms with Gasteiger partial charge >= 0.3 is 0 Å². The third-order valence-corrected chi connectivity index (χ3v) is 5.67. The van der Waals surface area contributed by atoms with Crippen LogP contribution < -0.4 is 5.32 Å². The van der Waals surface area contributed by atoms with Crippen molar-refractivity contribution >= 4 is 0 Å². The monoisotopic (exact) mass is 280 g/mol. The van der Waals surface area contributed by atoms with E-state index in [1.807, 2.05) is 0 Å². The molecule has 2 saturated carbocycles. The molecule has 2 nitrogen and oxygen atoms in total. The first-order valence-corrected chi connectivity index (χ1v) is 8.76. The first-order chi connectivity index (χ1) is 9.32. The van der Waals surface area contributed by atoms with Crippen LogP contribution in [-0.2, 0) is 0 Å². The number of likely N-dealkylation sites (N-methyl/N-ethyl adjacent to an activating group) is 1. The van der Waals surface area contributed by atoms with E-state index < -0.39 is 0 Å². The third kappa shape index (κ3) is 3.98. The SMILES string of the molecule is CNC1CCC(C(C)(C)C)CC1N(CC1CC1)C(C)C. The smallest absolute Gasteiger partial charge is 0.0254 e. The summed E-state index contributed by atoms with van der Waals surface area (Å²) in [6.07, 6.45) is 7.03. The summed E-state index contributed by atoms with van der Waals surface area (Å²) in [5.41, 5.74) is 0.458. The lowest BCUT2D eigenvalue weighted by Crippen LogP contribution is -2.56. The molecule has 1 N–H and O–H groups in total. The number of nitrogens with one attached hydrogen (secondary N) is 1. The Balaban J connectivity index is 2.09. The summed E-state index contributed by atoms with van der Waals surface area (Å²) in [7, 11) is 2.16. The standard InChI is InChI=1S/C18H36N2/c1-13(2)20(12-14-7-8-14)17-11-15(18(3,4)5)9-10-16(17)19-6/h13-17,19H,7-12H2,1-6H3. The average molecular weight is 280 g/mol. The van der Waals surface area contributed by atoms with Crippen LogP contribution in [0.3, 0.4) is 0 Å². The van der Waals surface area contributed by atoms with Crippen LogP contribution in [-0.4, -0.2) is 36.6 Å². The predicted molar refractivity (Wildman–Crippen MR) is 88.0 cm³/mol. The minimum atomic E-state index is 0.458. The molecular weight excluding hydrogens is 244 g/mol. The van der Waals surface area contributed by atoms with E-state index in [-0.39, 0.29) is 0 Å². The maximum atomic E-state index is 3.61. The highest BCUT2D eigenvalue weighted by molar-refractivity contribution is 4.96. The van der Waals surface area contributed by atoms with Gasteiger partial charge in [0.05, 0.1) is 0 Å². The summed E-state index contributed by atoms with van der Waals surface area (Å²) >= 11 is 0. The van der Waals surface area contributed by atoms with Crippen LogP contribution in [0.15, 0.2) is 0 Å². The van der Waals surface area contributed by atoms with Gasteiger partial charge in [0.1, 0.15) is 0 Å². The molecule has 0 spiro atoms. The van der Waals surface area contributed by atoms with E-state index in [9.17, 15) is 0 Å². The summed E-state index contributed by atoms with van der Waals surface area (Å²) in [6, 6.07) is 2.10. The van der Waals surface area contributed by atoms with Gasteiger partial charge in [-0.2, -0.15) is 0 Å². The van der Waals surface area contributed by atoms with Crippen molar-refractivity contribution in [3.8, 4) is 0 Å². The molecule has 2 rings (SSSR count). The van der Waals surface area contributed by atoms with Gasteiger partial charge in [0.25, 0.3) is 0 Å². The van der Waals surface area contributed by atoms with Crippen LogP contribution in [0.2, 0.25) is 0 Å². The maximum absolute atomic E-state index is 3.61. The minimum absolute atomic E-state index is 0.458. The Labute approximate surface area is 126 Å². The van der Waals surface area contributed by atoms with Crippen LogP contribution in [0.1, 0.15) is 66.7 Å². The van der Waals surface area contributed by atoms with Gasteiger partial charge in [-0.1, -0.05) is 20.8 Å². The van der Waals surface area contributed by atoms with Crippen LogP contribution in [0.4, 0.5) is 0 Å². The highest BCUT2D eigenvalue weighted by Gasteiger charge is 2.40. The van der Waals surface area contributed by atoms with Crippen molar-refractivity contribution in [1.82, 2.24) is 10.2 Å².